The quantitative estimate of drug-likeness (QED) is 0.838. The van der Waals surface area contributed by atoms with Crippen molar-refractivity contribution in [2.45, 2.75) is 6.92 Å². The molecule has 0 bridgehead atoms. The lowest BCUT2D eigenvalue weighted by Gasteiger charge is -1.95. The highest BCUT2D eigenvalue weighted by Gasteiger charge is 2.14. The van der Waals surface area contributed by atoms with E-state index in [0.29, 0.717) is 5.56 Å². The van der Waals surface area contributed by atoms with Crippen LogP contribution in [0, 0.1) is 40.9 Å². The molecule has 0 fully saturated rings. The fourth-order valence-electron chi connectivity index (χ4n) is 1.98. The molecule has 1 aromatic carbocycles. The van der Waals surface area contributed by atoms with E-state index in [1.54, 1.807) is 18.2 Å². The zero-order chi connectivity index (χ0) is 14.5. The third kappa shape index (κ3) is 2.29. The van der Waals surface area contributed by atoms with Crippen LogP contribution >= 0.6 is 0 Å². The SMILES string of the molecule is Cc1[nH]c(-c2ccccc2)cc1C(C#N)=C(C#N)C#N. The smallest absolute Gasteiger partial charge is 0.148 e. The first-order chi connectivity index (χ1) is 9.71. The summed E-state index contributed by atoms with van der Waals surface area (Å²) in [5.74, 6) is 0. The van der Waals surface area contributed by atoms with Crippen molar-refractivity contribution < 1.29 is 0 Å². The van der Waals surface area contributed by atoms with Gasteiger partial charge in [0, 0.05) is 17.0 Å². The van der Waals surface area contributed by atoms with Crippen LogP contribution < -0.4 is 0 Å². The van der Waals surface area contributed by atoms with Gasteiger partial charge in [0.2, 0.25) is 0 Å². The van der Waals surface area contributed by atoms with E-state index in [9.17, 15) is 5.26 Å². The second kappa shape index (κ2) is 5.57. The molecule has 0 atom stereocenters. The highest BCUT2D eigenvalue weighted by Crippen LogP contribution is 2.27. The van der Waals surface area contributed by atoms with E-state index in [1.807, 2.05) is 43.3 Å². The summed E-state index contributed by atoms with van der Waals surface area (Å²) < 4.78 is 0. The van der Waals surface area contributed by atoms with Gasteiger partial charge >= 0.3 is 0 Å². The molecule has 0 amide bonds. The summed E-state index contributed by atoms with van der Waals surface area (Å²) in [4.78, 5) is 3.17. The third-order valence-corrected chi connectivity index (χ3v) is 2.95. The van der Waals surface area contributed by atoms with Crippen molar-refractivity contribution in [3.05, 3.63) is 53.2 Å². The number of nitriles is 3. The van der Waals surface area contributed by atoms with Gasteiger partial charge in [0.25, 0.3) is 0 Å². The number of nitrogens with one attached hydrogen (secondary N) is 1. The van der Waals surface area contributed by atoms with Crippen LogP contribution in [0.5, 0.6) is 0 Å². The number of H-pyrrole nitrogens is 1. The largest absolute Gasteiger partial charge is 0.358 e. The molecule has 4 heteroatoms. The molecule has 1 aromatic heterocycles. The molecular formula is C16H10N4. The summed E-state index contributed by atoms with van der Waals surface area (Å²) >= 11 is 0. The van der Waals surface area contributed by atoms with Crippen LogP contribution in [-0.4, -0.2) is 4.98 Å². The summed E-state index contributed by atoms with van der Waals surface area (Å²) in [5, 5.41) is 27.0. The summed E-state index contributed by atoms with van der Waals surface area (Å²) in [6.07, 6.45) is 0. The monoisotopic (exact) mass is 258 g/mol. The van der Waals surface area contributed by atoms with Crippen molar-refractivity contribution in [3.63, 3.8) is 0 Å². The Bertz CT molecular complexity index is 774. The predicted octanol–water partition coefficient (Wildman–Crippen LogP) is 3.31. The normalized spacial score (nSPS) is 9.10. The van der Waals surface area contributed by atoms with Crippen molar-refractivity contribution >= 4 is 5.57 Å². The summed E-state index contributed by atoms with van der Waals surface area (Å²) in [6.45, 7) is 1.81. The molecule has 0 radical (unpaired) electrons. The number of benzene rings is 1. The van der Waals surface area contributed by atoms with Crippen molar-refractivity contribution in [2.24, 2.45) is 0 Å². The van der Waals surface area contributed by atoms with Gasteiger partial charge in [-0.3, -0.25) is 0 Å². The molecule has 0 saturated carbocycles. The highest BCUT2D eigenvalue weighted by molar-refractivity contribution is 5.87. The predicted molar refractivity (Wildman–Crippen MR) is 74.7 cm³/mol. The fourth-order valence-corrected chi connectivity index (χ4v) is 1.98. The minimum Gasteiger partial charge on any atom is -0.358 e. The van der Waals surface area contributed by atoms with Gasteiger partial charge in [-0.1, -0.05) is 30.3 Å². The number of aryl methyl sites for hydroxylation is 1. The average molecular weight is 258 g/mol. The molecule has 2 rings (SSSR count). The Balaban J connectivity index is 2.60. The minimum absolute atomic E-state index is 0.103. The van der Waals surface area contributed by atoms with E-state index < -0.39 is 0 Å². The minimum atomic E-state index is -0.172. The van der Waals surface area contributed by atoms with Gasteiger partial charge in [0.05, 0.1) is 5.57 Å². The van der Waals surface area contributed by atoms with Gasteiger partial charge < -0.3 is 4.98 Å². The van der Waals surface area contributed by atoms with Crippen molar-refractivity contribution in [2.75, 3.05) is 0 Å². The molecule has 94 valence electrons. The lowest BCUT2D eigenvalue weighted by Crippen LogP contribution is -1.87. The highest BCUT2D eigenvalue weighted by atomic mass is 14.7. The first-order valence-electron chi connectivity index (χ1n) is 5.91. The molecule has 0 unspecified atom stereocenters. The molecule has 0 aliphatic rings. The van der Waals surface area contributed by atoms with Gasteiger partial charge in [-0.15, -0.1) is 0 Å². The molecular weight excluding hydrogens is 248 g/mol. The Morgan fingerprint density at radius 1 is 1.00 bits per heavy atom. The van der Waals surface area contributed by atoms with E-state index >= 15 is 0 Å². The number of nitrogens with zero attached hydrogens (tertiary/aromatic N) is 3. The van der Waals surface area contributed by atoms with Gasteiger partial charge in [0.1, 0.15) is 23.8 Å². The van der Waals surface area contributed by atoms with Crippen LogP contribution in [-0.2, 0) is 0 Å². The Hall–Kier alpha value is -3.29. The van der Waals surface area contributed by atoms with Crippen LogP contribution in [0.3, 0.4) is 0 Å². The summed E-state index contributed by atoms with van der Waals surface area (Å²) in [6, 6.07) is 16.9. The second-order valence-electron chi connectivity index (χ2n) is 4.17. The second-order valence-corrected chi connectivity index (χ2v) is 4.17. The Morgan fingerprint density at radius 2 is 1.65 bits per heavy atom. The average Bonchev–Trinajstić information content (AvgIpc) is 2.87. The number of allylic oxidation sites excluding steroid dienone is 2. The standard InChI is InChI=1S/C16H10N4/c1-11-14(15(10-19)13(8-17)9-18)7-16(20-11)12-5-3-2-4-6-12/h2-7,20H,1H3. The number of aromatic nitrogens is 1. The first-order valence-corrected chi connectivity index (χ1v) is 5.91. The van der Waals surface area contributed by atoms with Gasteiger partial charge in [-0.25, -0.2) is 0 Å². The number of hydrogen-bond donors (Lipinski definition) is 1. The van der Waals surface area contributed by atoms with Gasteiger partial charge in [-0.2, -0.15) is 15.8 Å². The number of hydrogen-bond acceptors (Lipinski definition) is 3. The van der Waals surface area contributed by atoms with Crippen molar-refractivity contribution in [1.82, 2.24) is 4.98 Å². The molecule has 1 N–H and O–H groups in total. The Kier molecular flexibility index (Phi) is 3.66. The molecule has 4 nitrogen and oxygen atoms in total. The Labute approximate surface area is 116 Å². The van der Waals surface area contributed by atoms with Crippen LogP contribution in [0.1, 0.15) is 11.3 Å². The molecule has 0 aliphatic heterocycles. The third-order valence-electron chi connectivity index (χ3n) is 2.95. The van der Waals surface area contributed by atoms with Crippen LogP contribution in [0.4, 0.5) is 0 Å². The molecule has 0 spiro atoms. The maximum Gasteiger partial charge on any atom is 0.148 e. The molecule has 0 saturated heterocycles. The Morgan fingerprint density at radius 3 is 2.20 bits per heavy atom. The van der Waals surface area contributed by atoms with E-state index in [4.69, 9.17) is 10.5 Å². The molecule has 2 aromatic rings. The molecule has 1 heterocycles. The zero-order valence-corrected chi connectivity index (χ0v) is 10.8. The van der Waals surface area contributed by atoms with Gasteiger partial charge in [-0.05, 0) is 18.6 Å². The molecule has 20 heavy (non-hydrogen) atoms. The maximum atomic E-state index is 9.19. The lowest BCUT2D eigenvalue weighted by atomic mass is 10.0. The summed E-state index contributed by atoms with van der Waals surface area (Å²) in [7, 11) is 0. The maximum absolute atomic E-state index is 9.19. The van der Waals surface area contributed by atoms with E-state index in [2.05, 4.69) is 4.98 Å². The zero-order valence-electron chi connectivity index (χ0n) is 10.8. The van der Waals surface area contributed by atoms with Crippen LogP contribution in [0.2, 0.25) is 0 Å². The number of aromatic amines is 1. The van der Waals surface area contributed by atoms with Crippen LogP contribution in [0.25, 0.3) is 16.8 Å². The lowest BCUT2D eigenvalue weighted by molar-refractivity contribution is 1.25. The van der Waals surface area contributed by atoms with Crippen molar-refractivity contribution in [3.8, 4) is 29.5 Å². The fraction of sp³-hybridized carbons (Fsp3) is 0.0625. The molecule has 0 aliphatic carbocycles. The van der Waals surface area contributed by atoms with Gasteiger partial charge in [0.15, 0.2) is 0 Å². The topological polar surface area (TPSA) is 87.2 Å². The number of rotatable bonds is 2. The van der Waals surface area contributed by atoms with E-state index in [0.717, 1.165) is 17.0 Å². The van der Waals surface area contributed by atoms with Crippen LogP contribution in [0.15, 0.2) is 42.0 Å². The van der Waals surface area contributed by atoms with E-state index in [1.165, 1.54) is 0 Å². The summed E-state index contributed by atoms with van der Waals surface area (Å²) in [5.41, 5.74) is 3.10. The van der Waals surface area contributed by atoms with E-state index in [-0.39, 0.29) is 11.1 Å². The first kappa shape index (κ1) is 13.1. The van der Waals surface area contributed by atoms with Crippen molar-refractivity contribution in [1.29, 1.82) is 15.8 Å².